The number of nitrogens with two attached hydrogens (primary N) is 1. The smallest absolute Gasteiger partial charge is 0.303 e. The highest BCUT2D eigenvalue weighted by Crippen LogP contribution is 2.65. The van der Waals surface area contributed by atoms with Crippen LogP contribution in [0.5, 0.6) is 0 Å². The van der Waals surface area contributed by atoms with Crippen molar-refractivity contribution in [1.29, 1.82) is 0 Å². The van der Waals surface area contributed by atoms with Crippen molar-refractivity contribution in [2.75, 3.05) is 6.54 Å². The van der Waals surface area contributed by atoms with E-state index in [0.717, 1.165) is 6.42 Å². The third-order valence-corrected chi connectivity index (χ3v) is 7.19. The predicted octanol–water partition coefficient (Wildman–Crippen LogP) is 4.30. The van der Waals surface area contributed by atoms with Crippen molar-refractivity contribution in [3.63, 3.8) is 0 Å². The lowest BCUT2D eigenvalue weighted by atomic mass is 9.44. The summed E-state index contributed by atoms with van der Waals surface area (Å²) in [5.74, 6) is -0.366. The third-order valence-electron chi connectivity index (χ3n) is 7.19. The van der Waals surface area contributed by atoms with Gasteiger partial charge < -0.3 is 10.8 Å². The average molecular weight is 371 g/mol. The SMILES string of the molecule is CC1CC=CC2=C1C1(CN)c3ccccc3C2(CCC(=O)O)c2ccccc21. The Bertz CT molecular complexity index is 999. The van der Waals surface area contributed by atoms with Crippen LogP contribution in [-0.2, 0) is 15.6 Å². The molecule has 1 unspecified atom stereocenters. The van der Waals surface area contributed by atoms with Crippen molar-refractivity contribution < 1.29 is 9.90 Å². The van der Waals surface area contributed by atoms with Crippen LogP contribution in [0.25, 0.3) is 0 Å². The fraction of sp³-hybridized carbons (Fsp3) is 0.320. The number of hydrogen-bond acceptors (Lipinski definition) is 2. The molecule has 2 aromatic rings. The molecule has 0 aliphatic heterocycles. The van der Waals surface area contributed by atoms with Crippen LogP contribution in [0.4, 0.5) is 0 Å². The average Bonchev–Trinajstić information content (AvgIpc) is 2.72. The first kappa shape index (κ1) is 17.4. The zero-order valence-electron chi connectivity index (χ0n) is 16.1. The van der Waals surface area contributed by atoms with E-state index in [1.54, 1.807) is 0 Å². The van der Waals surface area contributed by atoms with Crippen molar-refractivity contribution >= 4 is 5.97 Å². The molecule has 1 atom stereocenters. The second-order valence-corrected chi connectivity index (χ2v) is 8.37. The highest BCUT2D eigenvalue weighted by molar-refractivity contribution is 5.77. The van der Waals surface area contributed by atoms with Crippen LogP contribution in [-0.4, -0.2) is 17.6 Å². The molecule has 6 rings (SSSR count). The summed E-state index contributed by atoms with van der Waals surface area (Å²) < 4.78 is 0. The predicted molar refractivity (Wildman–Crippen MR) is 110 cm³/mol. The van der Waals surface area contributed by atoms with Gasteiger partial charge in [0.05, 0.1) is 5.41 Å². The molecule has 0 fully saturated rings. The standard InChI is InChI=1S/C25H25NO2/c1-16-7-6-12-21-23(16)25(15-26)19-10-4-2-8-17(19)24(21,14-13-22(27)28)18-9-3-5-11-20(18)25/h2-6,8-12,16H,7,13-15,26H2,1H3,(H,27,28). The number of carboxylic acids is 1. The summed E-state index contributed by atoms with van der Waals surface area (Å²) in [5.41, 5.74) is 13.5. The first-order chi connectivity index (χ1) is 13.6. The number of aliphatic carboxylic acids is 1. The van der Waals surface area contributed by atoms with E-state index in [9.17, 15) is 9.90 Å². The van der Waals surface area contributed by atoms with Crippen LogP contribution in [0.1, 0.15) is 48.4 Å². The van der Waals surface area contributed by atoms with Crippen molar-refractivity contribution in [1.82, 2.24) is 0 Å². The minimum absolute atomic E-state index is 0.136. The van der Waals surface area contributed by atoms with Gasteiger partial charge in [0.25, 0.3) is 0 Å². The number of allylic oxidation sites excluding steroid dienone is 3. The zero-order chi connectivity index (χ0) is 19.5. The molecule has 3 nitrogen and oxygen atoms in total. The van der Waals surface area contributed by atoms with Gasteiger partial charge in [-0.2, -0.15) is 0 Å². The van der Waals surface area contributed by atoms with Crippen molar-refractivity contribution in [2.24, 2.45) is 11.7 Å². The molecule has 0 heterocycles. The van der Waals surface area contributed by atoms with Gasteiger partial charge in [0.2, 0.25) is 0 Å². The summed E-state index contributed by atoms with van der Waals surface area (Å²) in [6.45, 7) is 2.81. The summed E-state index contributed by atoms with van der Waals surface area (Å²) in [6.07, 6.45) is 6.21. The zero-order valence-corrected chi connectivity index (χ0v) is 16.1. The lowest BCUT2D eigenvalue weighted by Crippen LogP contribution is -2.55. The Morgan fingerprint density at radius 3 is 2.07 bits per heavy atom. The molecule has 28 heavy (non-hydrogen) atoms. The summed E-state index contributed by atoms with van der Waals surface area (Å²) in [5, 5.41) is 9.55. The van der Waals surface area contributed by atoms with Crippen molar-refractivity contribution in [3.8, 4) is 0 Å². The molecule has 4 aliphatic carbocycles. The van der Waals surface area contributed by atoms with E-state index in [-0.39, 0.29) is 11.8 Å². The van der Waals surface area contributed by atoms with Gasteiger partial charge >= 0.3 is 5.97 Å². The fourth-order valence-corrected chi connectivity index (χ4v) is 6.24. The molecule has 0 saturated carbocycles. The summed E-state index contributed by atoms with van der Waals surface area (Å²) in [4.78, 5) is 11.6. The first-order valence-corrected chi connectivity index (χ1v) is 10.1. The van der Waals surface area contributed by atoms with E-state index in [0.29, 0.717) is 18.9 Å². The van der Waals surface area contributed by atoms with Gasteiger partial charge in [-0.1, -0.05) is 67.6 Å². The van der Waals surface area contributed by atoms with Crippen LogP contribution in [0.3, 0.4) is 0 Å². The van der Waals surface area contributed by atoms with Gasteiger partial charge in [-0.3, -0.25) is 4.79 Å². The monoisotopic (exact) mass is 371 g/mol. The van der Waals surface area contributed by atoms with E-state index in [2.05, 4.69) is 67.6 Å². The Kier molecular flexibility index (Phi) is 3.69. The van der Waals surface area contributed by atoms with Crippen LogP contribution >= 0.6 is 0 Å². The van der Waals surface area contributed by atoms with Gasteiger partial charge in [-0.15, -0.1) is 0 Å². The minimum atomic E-state index is -0.749. The van der Waals surface area contributed by atoms with E-state index in [1.807, 2.05) is 0 Å². The first-order valence-electron chi connectivity index (χ1n) is 10.1. The maximum absolute atomic E-state index is 11.6. The van der Waals surface area contributed by atoms with Gasteiger partial charge in [-0.05, 0) is 52.2 Å². The van der Waals surface area contributed by atoms with E-state index >= 15 is 0 Å². The van der Waals surface area contributed by atoms with Crippen LogP contribution in [0, 0.1) is 5.92 Å². The lowest BCUT2D eigenvalue weighted by molar-refractivity contribution is -0.137. The van der Waals surface area contributed by atoms with Crippen molar-refractivity contribution in [3.05, 3.63) is 94.1 Å². The Morgan fingerprint density at radius 2 is 1.57 bits per heavy atom. The highest BCUT2D eigenvalue weighted by atomic mass is 16.4. The topological polar surface area (TPSA) is 63.3 Å². The van der Waals surface area contributed by atoms with Gasteiger partial charge in [0.1, 0.15) is 0 Å². The van der Waals surface area contributed by atoms with E-state index in [1.165, 1.54) is 33.4 Å². The molecule has 3 N–H and O–H groups in total. The highest BCUT2D eigenvalue weighted by Gasteiger charge is 2.59. The number of rotatable bonds is 4. The third kappa shape index (κ3) is 1.90. The molecule has 0 saturated heterocycles. The molecule has 142 valence electrons. The molecule has 0 amide bonds. The van der Waals surface area contributed by atoms with Crippen LogP contribution < -0.4 is 5.73 Å². The molecular formula is C25H25NO2. The van der Waals surface area contributed by atoms with Gasteiger partial charge in [-0.25, -0.2) is 0 Å². The Hall–Kier alpha value is -2.65. The Morgan fingerprint density at radius 1 is 1.04 bits per heavy atom. The normalized spacial score (nSPS) is 29.3. The lowest BCUT2D eigenvalue weighted by Gasteiger charge is -2.59. The van der Waals surface area contributed by atoms with E-state index in [4.69, 9.17) is 5.73 Å². The summed E-state index contributed by atoms with van der Waals surface area (Å²) in [6, 6.07) is 17.1. The quantitative estimate of drug-likeness (QED) is 0.842. The van der Waals surface area contributed by atoms with Crippen molar-refractivity contribution in [2.45, 2.75) is 37.0 Å². The largest absolute Gasteiger partial charge is 0.481 e. The van der Waals surface area contributed by atoms with E-state index < -0.39 is 11.4 Å². The van der Waals surface area contributed by atoms with Crippen LogP contribution in [0.15, 0.2) is 71.8 Å². The minimum Gasteiger partial charge on any atom is -0.481 e. The maximum atomic E-state index is 11.6. The molecular weight excluding hydrogens is 346 g/mol. The Balaban J connectivity index is 1.95. The van der Waals surface area contributed by atoms with Crippen LogP contribution in [0.2, 0.25) is 0 Å². The molecule has 0 spiro atoms. The number of carboxylic acid groups (broad SMARTS) is 1. The molecule has 4 aliphatic rings. The molecule has 2 bridgehead atoms. The summed E-state index contributed by atoms with van der Waals surface area (Å²) in [7, 11) is 0. The Labute approximate surface area is 165 Å². The number of hydrogen-bond donors (Lipinski definition) is 2. The molecule has 2 aromatic carbocycles. The fourth-order valence-electron chi connectivity index (χ4n) is 6.24. The second kappa shape index (κ2) is 5.92. The molecule has 0 aromatic heterocycles. The number of benzene rings is 2. The maximum Gasteiger partial charge on any atom is 0.303 e. The van der Waals surface area contributed by atoms with Gasteiger partial charge in [0.15, 0.2) is 0 Å². The molecule has 3 heteroatoms. The molecule has 0 radical (unpaired) electrons. The second-order valence-electron chi connectivity index (χ2n) is 8.37. The van der Waals surface area contributed by atoms with Gasteiger partial charge in [0, 0.05) is 18.4 Å². The number of carbonyl (C=O) groups is 1. The summed E-state index contributed by atoms with van der Waals surface area (Å²) >= 11 is 0.